The summed E-state index contributed by atoms with van der Waals surface area (Å²) in [4.78, 5) is 16.5. The van der Waals surface area contributed by atoms with Crippen molar-refractivity contribution in [3.63, 3.8) is 0 Å². The number of carbonyl (C=O) groups is 1. The predicted octanol–water partition coefficient (Wildman–Crippen LogP) is 5.43. The number of aromatic nitrogens is 2. The fraction of sp³-hybridized carbons (Fsp3) is 0.269. The summed E-state index contributed by atoms with van der Waals surface area (Å²) < 4.78 is 26.2. The Labute approximate surface area is 225 Å². The number of sulfone groups is 1. The number of para-hydroxylation sites is 1. The highest BCUT2D eigenvalue weighted by atomic mass is 32.2. The molecule has 2 fully saturated rings. The van der Waals surface area contributed by atoms with Crippen molar-refractivity contribution in [2.24, 2.45) is 0 Å². The summed E-state index contributed by atoms with van der Waals surface area (Å²) in [7, 11) is -3.13. The molecule has 10 heteroatoms. The highest BCUT2D eigenvalue weighted by molar-refractivity contribution is 8.26. The molecule has 3 aromatic rings. The lowest BCUT2D eigenvalue weighted by Crippen LogP contribution is -2.39. The molecular formula is C26H25N3O3S4. The van der Waals surface area contributed by atoms with Gasteiger partial charge in [0.15, 0.2) is 9.84 Å². The number of amides is 1. The van der Waals surface area contributed by atoms with Crippen LogP contribution in [-0.2, 0) is 14.6 Å². The third-order valence-corrected chi connectivity index (χ3v) is 10.3. The lowest BCUT2D eigenvalue weighted by atomic mass is 10.1. The van der Waals surface area contributed by atoms with Crippen LogP contribution in [0, 0.1) is 0 Å². The minimum Gasteiger partial charge on any atom is -0.289 e. The maximum Gasteiger partial charge on any atom is 0.266 e. The van der Waals surface area contributed by atoms with E-state index in [1.165, 1.54) is 21.6 Å². The summed E-state index contributed by atoms with van der Waals surface area (Å²) in [6.07, 6.45) is 5.27. The summed E-state index contributed by atoms with van der Waals surface area (Å²) in [6.45, 7) is 2.16. The summed E-state index contributed by atoms with van der Waals surface area (Å²) in [5, 5.41) is 4.86. The van der Waals surface area contributed by atoms with Crippen molar-refractivity contribution < 1.29 is 13.2 Å². The molecule has 186 valence electrons. The molecule has 3 heterocycles. The summed E-state index contributed by atoms with van der Waals surface area (Å²) >= 11 is 8.53. The number of thiocarbonyl (C=S) groups is 1. The van der Waals surface area contributed by atoms with Crippen LogP contribution in [0.1, 0.15) is 25.3 Å². The second-order valence-electron chi connectivity index (χ2n) is 8.69. The topological polar surface area (TPSA) is 72.3 Å². The third-order valence-electron chi connectivity index (χ3n) is 6.05. The van der Waals surface area contributed by atoms with Gasteiger partial charge < -0.3 is 0 Å². The normalized spacial score (nSPS) is 20.5. The van der Waals surface area contributed by atoms with E-state index < -0.39 is 15.9 Å². The van der Waals surface area contributed by atoms with Crippen LogP contribution >= 0.6 is 35.7 Å². The highest BCUT2D eigenvalue weighted by Gasteiger charge is 2.42. The van der Waals surface area contributed by atoms with Gasteiger partial charge in [0.2, 0.25) is 0 Å². The second kappa shape index (κ2) is 10.5. The third kappa shape index (κ3) is 5.32. The summed E-state index contributed by atoms with van der Waals surface area (Å²) in [5.41, 5.74) is 3.43. The lowest BCUT2D eigenvalue weighted by molar-refractivity contribution is -0.123. The Morgan fingerprint density at radius 2 is 1.92 bits per heavy atom. The molecule has 0 N–H and O–H groups in total. The smallest absolute Gasteiger partial charge is 0.266 e. The summed E-state index contributed by atoms with van der Waals surface area (Å²) in [5.74, 6) is 0.884. The van der Waals surface area contributed by atoms with Crippen molar-refractivity contribution in [2.75, 3.05) is 17.3 Å². The van der Waals surface area contributed by atoms with Crippen molar-refractivity contribution >= 4 is 61.9 Å². The fourth-order valence-corrected chi connectivity index (χ4v) is 8.13. The van der Waals surface area contributed by atoms with Crippen LogP contribution in [0.4, 0.5) is 0 Å². The maximum absolute atomic E-state index is 13.3. The number of nitrogens with zero attached hydrogens (tertiary/aromatic N) is 3. The van der Waals surface area contributed by atoms with Crippen LogP contribution in [0.15, 0.2) is 70.6 Å². The van der Waals surface area contributed by atoms with Crippen LogP contribution in [0.2, 0.25) is 0 Å². The Bertz CT molecular complexity index is 1430. The maximum atomic E-state index is 13.3. The van der Waals surface area contributed by atoms with Crippen molar-refractivity contribution in [1.82, 2.24) is 14.7 Å². The van der Waals surface area contributed by atoms with Gasteiger partial charge in [-0.2, -0.15) is 5.10 Å². The number of hydrogen-bond donors (Lipinski definition) is 0. The zero-order chi connectivity index (χ0) is 25.3. The Kier molecular flexibility index (Phi) is 7.39. The zero-order valence-corrected chi connectivity index (χ0v) is 22.9. The molecule has 1 amide bonds. The largest absolute Gasteiger partial charge is 0.289 e. The molecule has 2 aliphatic rings. The van der Waals surface area contributed by atoms with E-state index in [4.69, 9.17) is 17.3 Å². The first-order valence-corrected chi connectivity index (χ1v) is 15.7. The molecular weight excluding hydrogens is 531 g/mol. The van der Waals surface area contributed by atoms with E-state index in [1.807, 2.05) is 59.0 Å². The van der Waals surface area contributed by atoms with Gasteiger partial charge in [0.1, 0.15) is 4.32 Å². The second-order valence-corrected chi connectivity index (χ2v) is 13.8. The van der Waals surface area contributed by atoms with E-state index in [9.17, 15) is 13.2 Å². The number of carbonyl (C=O) groups excluding carboxylic acids is 1. The van der Waals surface area contributed by atoms with E-state index in [2.05, 4.69) is 31.2 Å². The molecule has 2 saturated heterocycles. The first-order chi connectivity index (χ1) is 17.3. The van der Waals surface area contributed by atoms with E-state index in [0.717, 1.165) is 34.7 Å². The fourth-order valence-electron chi connectivity index (χ4n) is 4.27. The van der Waals surface area contributed by atoms with E-state index in [1.54, 1.807) is 0 Å². The van der Waals surface area contributed by atoms with Crippen molar-refractivity contribution in [3.8, 4) is 16.9 Å². The minimum absolute atomic E-state index is 0.0354. The van der Waals surface area contributed by atoms with Gasteiger partial charge in [0, 0.05) is 22.2 Å². The minimum atomic E-state index is -3.13. The molecule has 36 heavy (non-hydrogen) atoms. The lowest BCUT2D eigenvalue weighted by Gasteiger charge is -2.20. The molecule has 0 unspecified atom stereocenters. The molecule has 6 nitrogen and oxygen atoms in total. The van der Waals surface area contributed by atoms with Crippen molar-refractivity contribution in [3.05, 3.63) is 71.3 Å². The molecule has 5 rings (SSSR count). The van der Waals surface area contributed by atoms with Crippen LogP contribution in [0.5, 0.6) is 0 Å². The molecule has 0 saturated carbocycles. The quantitative estimate of drug-likeness (QED) is 0.219. The average Bonchev–Trinajstić information content (AvgIpc) is 3.53. The van der Waals surface area contributed by atoms with Gasteiger partial charge in [0.25, 0.3) is 5.91 Å². The van der Waals surface area contributed by atoms with Crippen LogP contribution in [0.3, 0.4) is 0 Å². The summed E-state index contributed by atoms with van der Waals surface area (Å²) in [6, 6.07) is 17.7. The Morgan fingerprint density at radius 3 is 2.58 bits per heavy atom. The van der Waals surface area contributed by atoms with Crippen LogP contribution < -0.4 is 0 Å². The standard InChI is InChI=1S/C26H25N3O3S4/c1-2-13-34-22-10-8-18(9-11-22)24-19(16-28(27-24)20-6-4-3-5-7-20)15-23-25(30)29(26(33)35-23)21-12-14-36(31,32)17-21/h3-11,15-16,21H,2,12-14,17H2,1H3/b23-15+/t21-/m1/s1. The van der Waals surface area contributed by atoms with Gasteiger partial charge in [-0.05, 0) is 48.9 Å². The predicted molar refractivity (Wildman–Crippen MR) is 152 cm³/mol. The molecule has 1 atom stereocenters. The number of benzene rings is 2. The van der Waals surface area contributed by atoms with Gasteiger partial charge in [-0.15, -0.1) is 11.8 Å². The first kappa shape index (κ1) is 25.3. The number of thioether (sulfide) groups is 2. The monoisotopic (exact) mass is 555 g/mol. The average molecular weight is 556 g/mol. The van der Waals surface area contributed by atoms with E-state index in [0.29, 0.717) is 15.6 Å². The van der Waals surface area contributed by atoms with Gasteiger partial charge in [-0.25, -0.2) is 13.1 Å². The van der Waals surface area contributed by atoms with Crippen molar-refractivity contribution in [2.45, 2.75) is 30.7 Å². The van der Waals surface area contributed by atoms with Gasteiger partial charge in [-0.1, -0.05) is 61.2 Å². The molecule has 0 spiro atoms. The Hall–Kier alpha value is -2.40. The van der Waals surface area contributed by atoms with Gasteiger partial charge >= 0.3 is 0 Å². The SMILES string of the molecule is CCCSc1ccc(-c2nn(-c3ccccc3)cc2/C=C2/SC(=S)N([C@@H]3CCS(=O)(=O)C3)C2=O)cc1. The highest BCUT2D eigenvalue weighted by Crippen LogP contribution is 2.38. The Morgan fingerprint density at radius 1 is 1.17 bits per heavy atom. The van der Waals surface area contributed by atoms with Gasteiger partial charge in [-0.3, -0.25) is 9.69 Å². The van der Waals surface area contributed by atoms with Gasteiger partial charge in [0.05, 0.1) is 33.8 Å². The van der Waals surface area contributed by atoms with E-state index in [-0.39, 0.29) is 17.4 Å². The van der Waals surface area contributed by atoms with Crippen LogP contribution in [-0.4, -0.2) is 56.6 Å². The molecule has 0 bridgehead atoms. The number of hydrogen-bond acceptors (Lipinski definition) is 7. The molecule has 2 aromatic carbocycles. The molecule has 2 aliphatic heterocycles. The molecule has 0 radical (unpaired) electrons. The molecule has 0 aliphatic carbocycles. The number of rotatable bonds is 7. The molecule has 1 aromatic heterocycles. The van der Waals surface area contributed by atoms with Crippen LogP contribution in [0.25, 0.3) is 23.0 Å². The van der Waals surface area contributed by atoms with Crippen molar-refractivity contribution in [1.29, 1.82) is 0 Å². The zero-order valence-electron chi connectivity index (χ0n) is 19.7. The van der Waals surface area contributed by atoms with E-state index >= 15 is 0 Å². The first-order valence-electron chi connectivity index (χ1n) is 11.7. The Balaban J connectivity index is 1.50.